The molecule has 2 aromatic rings. The molecule has 1 saturated carbocycles. The molecule has 6 heteroatoms. The van der Waals surface area contributed by atoms with Crippen LogP contribution in [0.3, 0.4) is 0 Å². The Morgan fingerprint density at radius 2 is 1.79 bits per heavy atom. The van der Waals surface area contributed by atoms with Gasteiger partial charge in [0.15, 0.2) is 9.84 Å². The van der Waals surface area contributed by atoms with Crippen LogP contribution in [0, 0.1) is 16.7 Å². The first-order valence-electron chi connectivity index (χ1n) is 7.42. The highest BCUT2D eigenvalue weighted by molar-refractivity contribution is 7.92. The number of hydrogen-bond acceptors (Lipinski definition) is 4. The first-order valence-corrected chi connectivity index (χ1v) is 9.34. The summed E-state index contributed by atoms with van der Waals surface area (Å²) in [5, 5.41) is 9.47. The SMILES string of the molecule is COC[C@@]1(C#N)[C@H](S(=O)(=O)c2ccccc2)[C@@H]1c1ccc(Cl)cc1. The number of benzene rings is 2. The van der Waals surface area contributed by atoms with Gasteiger partial charge in [0.2, 0.25) is 0 Å². The molecule has 0 spiro atoms. The van der Waals surface area contributed by atoms with Gasteiger partial charge < -0.3 is 4.74 Å². The van der Waals surface area contributed by atoms with Crippen LogP contribution in [-0.4, -0.2) is 27.4 Å². The van der Waals surface area contributed by atoms with E-state index in [0.29, 0.717) is 5.02 Å². The summed E-state index contributed by atoms with van der Waals surface area (Å²) in [5.74, 6) is -0.440. The Hall–Kier alpha value is -1.87. The van der Waals surface area contributed by atoms with Crippen LogP contribution in [0.2, 0.25) is 5.02 Å². The lowest BCUT2D eigenvalue weighted by atomic mass is 10.0. The minimum absolute atomic E-state index is 0.0630. The van der Waals surface area contributed by atoms with Gasteiger partial charge >= 0.3 is 0 Å². The largest absolute Gasteiger partial charge is 0.383 e. The van der Waals surface area contributed by atoms with Crippen LogP contribution < -0.4 is 0 Å². The van der Waals surface area contributed by atoms with Crippen LogP contribution in [0.15, 0.2) is 59.5 Å². The van der Waals surface area contributed by atoms with Gasteiger partial charge in [0, 0.05) is 18.1 Å². The quantitative estimate of drug-likeness (QED) is 0.818. The molecule has 0 heterocycles. The van der Waals surface area contributed by atoms with Gasteiger partial charge in [0.25, 0.3) is 0 Å². The summed E-state index contributed by atoms with van der Waals surface area (Å²) in [5.41, 5.74) is -0.306. The maximum Gasteiger partial charge on any atom is 0.183 e. The molecule has 124 valence electrons. The van der Waals surface area contributed by atoms with Crippen molar-refractivity contribution in [2.75, 3.05) is 13.7 Å². The summed E-state index contributed by atoms with van der Waals surface area (Å²) in [4.78, 5) is 0.224. The van der Waals surface area contributed by atoms with Gasteiger partial charge in [-0.2, -0.15) is 5.26 Å². The first kappa shape index (κ1) is 17.0. The Kier molecular flexibility index (Phi) is 4.39. The molecule has 0 amide bonds. The van der Waals surface area contributed by atoms with Crippen molar-refractivity contribution in [2.24, 2.45) is 5.41 Å². The monoisotopic (exact) mass is 361 g/mol. The lowest BCUT2D eigenvalue weighted by molar-refractivity contribution is 0.162. The second kappa shape index (κ2) is 6.21. The average Bonchev–Trinajstić information content (AvgIpc) is 3.26. The molecular formula is C18H16ClNO3S. The van der Waals surface area contributed by atoms with E-state index in [1.807, 2.05) is 0 Å². The predicted molar refractivity (Wildman–Crippen MR) is 91.5 cm³/mol. The highest BCUT2D eigenvalue weighted by Crippen LogP contribution is 2.63. The van der Waals surface area contributed by atoms with Crippen molar-refractivity contribution in [3.63, 3.8) is 0 Å². The third-order valence-electron chi connectivity index (χ3n) is 4.48. The van der Waals surface area contributed by atoms with E-state index in [0.717, 1.165) is 5.56 Å². The van der Waals surface area contributed by atoms with Crippen molar-refractivity contribution in [2.45, 2.75) is 16.1 Å². The fourth-order valence-corrected chi connectivity index (χ4v) is 5.79. The summed E-state index contributed by atoms with van der Waals surface area (Å²) in [6.07, 6.45) is 0. The molecule has 24 heavy (non-hydrogen) atoms. The van der Waals surface area contributed by atoms with Crippen molar-refractivity contribution in [3.8, 4) is 6.07 Å². The average molecular weight is 362 g/mol. The Morgan fingerprint density at radius 1 is 1.17 bits per heavy atom. The van der Waals surface area contributed by atoms with E-state index in [4.69, 9.17) is 16.3 Å². The van der Waals surface area contributed by atoms with E-state index in [1.54, 1.807) is 54.6 Å². The van der Waals surface area contributed by atoms with Gasteiger partial charge in [-0.15, -0.1) is 0 Å². The maximum atomic E-state index is 13.1. The van der Waals surface area contributed by atoms with Gasteiger partial charge in [-0.05, 0) is 29.8 Å². The van der Waals surface area contributed by atoms with E-state index in [9.17, 15) is 13.7 Å². The van der Waals surface area contributed by atoms with Crippen LogP contribution in [-0.2, 0) is 14.6 Å². The summed E-state index contributed by atoms with van der Waals surface area (Å²) in [6.45, 7) is 0.0630. The molecule has 0 aromatic heterocycles. The molecule has 3 atom stereocenters. The number of nitrogens with zero attached hydrogens (tertiary/aromatic N) is 1. The van der Waals surface area contributed by atoms with E-state index >= 15 is 0 Å². The predicted octanol–water partition coefficient (Wildman–Crippen LogP) is 3.44. The Morgan fingerprint density at radius 3 is 2.33 bits per heavy atom. The molecule has 0 N–H and O–H groups in total. The normalized spacial score (nSPS) is 25.9. The van der Waals surface area contributed by atoms with Crippen LogP contribution in [0.5, 0.6) is 0 Å². The number of halogens is 1. The van der Waals surface area contributed by atoms with Crippen LogP contribution in [0.1, 0.15) is 11.5 Å². The summed E-state index contributed by atoms with van der Waals surface area (Å²) in [6, 6.07) is 17.4. The van der Waals surface area contributed by atoms with Crippen LogP contribution in [0.25, 0.3) is 0 Å². The van der Waals surface area contributed by atoms with Gasteiger partial charge in [-0.1, -0.05) is 41.9 Å². The molecule has 1 fully saturated rings. The lowest BCUT2D eigenvalue weighted by Crippen LogP contribution is -2.19. The number of methoxy groups -OCH3 is 1. The molecule has 3 rings (SSSR count). The third kappa shape index (κ3) is 2.61. The molecule has 0 bridgehead atoms. The molecule has 0 unspecified atom stereocenters. The number of hydrogen-bond donors (Lipinski definition) is 0. The molecule has 1 aliphatic rings. The van der Waals surface area contributed by atoms with Crippen molar-refractivity contribution >= 4 is 21.4 Å². The minimum atomic E-state index is -3.65. The molecule has 0 saturated heterocycles. The molecule has 0 aliphatic heterocycles. The first-order chi connectivity index (χ1) is 11.5. The summed E-state index contributed by atoms with van der Waals surface area (Å²) >= 11 is 5.92. The van der Waals surface area contributed by atoms with E-state index in [-0.39, 0.29) is 11.5 Å². The summed E-state index contributed by atoms with van der Waals surface area (Å²) in [7, 11) is -2.18. The highest BCUT2D eigenvalue weighted by atomic mass is 35.5. The fraction of sp³-hybridized carbons (Fsp3) is 0.278. The van der Waals surface area contributed by atoms with E-state index in [1.165, 1.54) is 7.11 Å². The molecule has 1 aliphatic carbocycles. The maximum absolute atomic E-state index is 13.1. The lowest BCUT2D eigenvalue weighted by Gasteiger charge is -2.08. The van der Waals surface area contributed by atoms with E-state index in [2.05, 4.69) is 6.07 Å². The second-order valence-corrected chi connectivity index (χ2v) is 8.40. The number of nitriles is 1. The van der Waals surface area contributed by atoms with Gasteiger partial charge in [-0.25, -0.2) is 8.42 Å². The number of rotatable bonds is 5. The summed E-state index contributed by atoms with van der Waals surface area (Å²) < 4.78 is 31.3. The van der Waals surface area contributed by atoms with Crippen LogP contribution >= 0.6 is 11.6 Å². The molecule has 2 aromatic carbocycles. The smallest absolute Gasteiger partial charge is 0.183 e. The minimum Gasteiger partial charge on any atom is -0.383 e. The zero-order chi connectivity index (χ0) is 17.4. The number of ether oxygens (including phenoxy) is 1. The van der Waals surface area contributed by atoms with Gasteiger partial charge in [0.05, 0.1) is 22.8 Å². The number of sulfone groups is 1. The van der Waals surface area contributed by atoms with Crippen LogP contribution in [0.4, 0.5) is 0 Å². The second-order valence-electron chi connectivity index (χ2n) is 5.89. The van der Waals surface area contributed by atoms with Crippen molar-refractivity contribution in [1.82, 2.24) is 0 Å². The van der Waals surface area contributed by atoms with Crippen molar-refractivity contribution in [1.29, 1.82) is 5.26 Å². The molecule has 0 radical (unpaired) electrons. The standard InChI is InChI=1S/C18H16ClNO3S/c1-23-12-18(11-20)16(13-7-9-14(19)10-8-13)17(18)24(21,22)15-5-3-2-4-6-15/h2-10,16-17H,12H2,1H3/t16-,17+,18+/m0/s1. The van der Waals surface area contributed by atoms with Crippen molar-refractivity contribution in [3.05, 3.63) is 65.2 Å². The van der Waals surface area contributed by atoms with Crippen molar-refractivity contribution < 1.29 is 13.2 Å². The topological polar surface area (TPSA) is 67.2 Å². The van der Waals surface area contributed by atoms with Gasteiger partial charge in [0.1, 0.15) is 5.41 Å². The Bertz CT molecular complexity index is 875. The third-order valence-corrected chi connectivity index (χ3v) is 7.03. The Balaban J connectivity index is 2.08. The zero-order valence-corrected chi connectivity index (χ0v) is 14.6. The molecule has 4 nitrogen and oxygen atoms in total. The van der Waals surface area contributed by atoms with E-state index < -0.39 is 26.4 Å². The molecular weight excluding hydrogens is 346 g/mol. The highest BCUT2D eigenvalue weighted by Gasteiger charge is 2.72. The van der Waals surface area contributed by atoms with Gasteiger partial charge in [-0.3, -0.25) is 0 Å². The zero-order valence-electron chi connectivity index (χ0n) is 13.0. The Labute approximate surface area is 146 Å². The fourth-order valence-electron chi connectivity index (χ4n) is 3.34.